The molecule has 2 aliphatic rings. The standard InChI is InChI=1S/C21H25N3O3S/c1-14-19(28-20(23-14)16-9-4-5-11-22-16)21(26)27-13-18(25)24-12-6-8-15-7-2-3-10-17(15)24/h4-5,9,11,15,17H,2-3,6-8,10,12-13H2,1H3/t15-,17-/m1/s1. The van der Waals surface area contributed by atoms with Crippen LogP contribution in [0.25, 0.3) is 10.7 Å². The molecular formula is C21H25N3O3S. The minimum atomic E-state index is -0.484. The molecule has 6 nitrogen and oxygen atoms in total. The molecule has 1 amide bonds. The third kappa shape index (κ3) is 3.94. The number of carbonyl (C=O) groups is 2. The molecule has 28 heavy (non-hydrogen) atoms. The molecule has 7 heteroatoms. The van der Waals surface area contributed by atoms with Crippen LogP contribution in [0.15, 0.2) is 24.4 Å². The van der Waals surface area contributed by atoms with Crippen LogP contribution in [-0.2, 0) is 9.53 Å². The van der Waals surface area contributed by atoms with Gasteiger partial charge in [0.25, 0.3) is 5.91 Å². The van der Waals surface area contributed by atoms with Crippen molar-refractivity contribution in [3.05, 3.63) is 35.0 Å². The van der Waals surface area contributed by atoms with Crippen LogP contribution in [0.1, 0.15) is 53.9 Å². The number of ether oxygens (including phenoxy) is 1. The van der Waals surface area contributed by atoms with Crippen molar-refractivity contribution in [2.75, 3.05) is 13.2 Å². The predicted molar refractivity (Wildman–Crippen MR) is 107 cm³/mol. The summed E-state index contributed by atoms with van der Waals surface area (Å²) in [5, 5.41) is 0.678. The van der Waals surface area contributed by atoms with Gasteiger partial charge in [0.2, 0.25) is 0 Å². The molecule has 0 aromatic carbocycles. The van der Waals surface area contributed by atoms with E-state index >= 15 is 0 Å². The predicted octanol–water partition coefficient (Wildman–Crippen LogP) is 3.85. The van der Waals surface area contributed by atoms with Gasteiger partial charge in [0.1, 0.15) is 9.88 Å². The van der Waals surface area contributed by atoms with Crippen molar-refractivity contribution in [3.63, 3.8) is 0 Å². The minimum Gasteiger partial charge on any atom is -0.451 e. The van der Waals surface area contributed by atoms with Crippen LogP contribution in [0.5, 0.6) is 0 Å². The number of hydrogen-bond acceptors (Lipinski definition) is 6. The number of rotatable bonds is 4. The Kier molecular flexibility index (Phi) is 5.71. The van der Waals surface area contributed by atoms with E-state index in [2.05, 4.69) is 9.97 Å². The molecule has 1 aliphatic heterocycles. The summed E-state index contributed by atoms with van der Waals surface area (Å²) < 4.78 is 5.37. The SMILES string of the molecule is Cc1nc(-c2ccccn2)sc1C(=O)OCC(=O)N1CCC[C@H]2CCCC[C@H]21. The van der Waals surface area contributed by atoms with E-state index in [1.807, 2.05) is 23.1 Å². The Morgan fingerprint density at radius 3 is 2.86 bits per heavy atom. The molecule has 2 aromatic heterocycles. The number of aryl methyl sites for hydroxylation is 1. The average molecular weight is 400 g/mol. The Labute approximate surface area is 168 Å². The van der Waals surface area contributed by atoms with Crippen molar-refractivity contribution in [3.8, 4) is 10.7 Å². The van der Waals surface area contributed by atoms with E-state index in [1.165, 1.54) is 37.0 Å². The van der Waals surface area contributed by atoms with Crippen molar-refractivity contribution >= 4 is 23.2 Å². The molecule has 1 aliphatic carbocycles. The number of piperidine rings is 1. The number of aromatic nitrogens is 2. The van der Waals surface area contributed by atoms with Crippen molar-refractivity contribution < 1.29 is 14.3 Å². The summed E-state index contributed by atoms with van der Waals surface area (Å²) in [6.07, 6.45) is 8.69. The normalized spacial score (nSPS) is 21.8. The maximum Gasteiger partial charge on any atom is 0.350 e. The number of likely N-dealkylation sites (tertiary alicyclic amines) is 1. The van der Waals surface area contributed by atoms with Crippen LogP contribution in [0.4, 0.5) is 0 Å². The Morgan fingerprint density at radius 1 is 1.21 bits per heavy atom. The highest BCUT2D eigenvalue weighted by Crippen LogP contribution is 2.35. The van der Waals surface area contributed by atoms with E-state index in [0.29, 0.717) is 27.5 Å². The van der Waals surface area contributed by atoms with Crippen molar-refractivity contribution in [1.82, 2.24) is 14.9 Å². The molecule has 3 heterocycles. The van der Waals surface area contributed by atoms with Gasteiger partial charge >= 0.3 is 5.97 Å². The molecule has 4 rings (SSSR count). The molecule has 0 spiro atoms. The van der Waals surface area contributed by atoms with Gasteiger partial charge in [-0.2, -0.15) is 0 Å². The number of fused-ring (bicyclic) bond motifs is 1. The maximum atomic E-state index is 12.7. The fraction of sp³-hybridized carbons (Fsp3) is 0.524. The molecule has 148 valence electrons. The second kappa shape index (κ2) is 8.39. The highest BCUT2D eigenvalue weighted by molar-refractivity contribution is 7.17. The minimum absolute atomic E-state index is 0.0722. The highest BCUT2D eigenvalue weighted by atomic mass is 32.1. The van der Waals surface area contributed by atoms with E-state index in [0.717, 1.165) is 25.1 Å². The molecular weight excluding hydrogens is 374 g/mol. The third-order valence-electron chi connectivity index (χ3n) is 5.76. The fourth-order valence-corrected chi connectivity index (χ4v) is 5.33. The van der Waals surface area contributed by atoms with Gasteiger partial charge in [-0.25, -0.2) is 9.78 Å². The number of carbonyl (C=O) groups excluding carboxylic acids is 2. The molecule has 0 radical (unpaired) electrons. The zero-order chi connectivity index (χ0) is 19.5. The van der Waals surface area contributed by atoms with Gasteiger partial charge in [0.05, 0.1) is 11.4 Å². The number of esters is 1. The lowest BCUT2D eigenvalue weighted by Gasteiger charge is -2.44. The maximum absolute atomic E-state index is 12.7. The first-order chi connectivity index (χ1) is 13.6. The Hall–Kier alpha value is -2.28. The number of thiazole rings is 1. The fourth-order valence-electron chi connectivity index (χ4n) is 4.39. The number of pyridine rings is 1. The third-order valence-corrected chi connectivity index (χ3v) is 6.92. The van der Waals surface area contributed by atoms with E-state index in [9.17, 15) is 9.59 Å². The first-order valence-electron chi connectivity index (χ1n) is 9.99. The Bertz CT molecular complexity index is 850. The second-order valence-electron chi connectivity index (χ2n) is 7.57. The van der Waals surface area contributed by atoms with E-state index < -0.39 is 5.97 Å². The lowest BCUT2D eigenvalue weighted by atomic mass is 9.78. The van der Waals surface area contributed by atoms with E-state index in [4.69, 9.17) is 4.74 Å². The molecule has 1 saturated carbocycles. The monoisotopic (exact) mass is 399 g/mol. The largest absolute Gasteiger partial charge is 0.451 e. The van der Waals surface area contributed by atoms with Crippen LogP contribution in [-0.4, -0.2) is 45.9 Å². The summed E-state index contributed by atoms with van der Waals surface area (Å²) in [4.78, 5) is 36.4. The molecule has 0 bridgehead atoms. The highest BCUT2D eigenvalue weighted by Gasteiger charge is 2.36. The van der Waals surface area contributed by atoms with Gasteiger partial charge < -0.3 is 9.64 Å². The quantitative estimate of drug-likeness (QED) is 0.730. The lowest BCUT2D eigenvalue weighted by molar-refractivity contribution is -0.140. The van der Waals surface area contributed by atoms with E-state index in [1.54, 1.807) is 13.1 Å². The number of hydrogen-bond donors (Lipinski definition) is 0. The van der Waals surface area contributed by atoms with Crippen LogP contribution < -0.4 is 0 Å². The summed E-state index contributed by atoms with van der Waals surface area (Å²) in [6.45, 7) is 2.36. The molecule has 2 fully saturated rings. The van der Waals surface area contributed by atoms with E-state index in [-0.39, 0.29) is 12.5 Å². The average Bonchev–Trinajstić information content (AvgIpc) is 3.14. The summed E-state index contributed by atoms with van der Waals surface area (Å²) in [6, 6.07) is 5.90. The first kappa shape index (κ1) is 19.1. The number of amides is 1. The van der Waals surface area contributed by atoms with Gasteiger partial charge in [-0.3, -0.25) is 9.78 Å². The molecule has 2 aromatic rings. The van der Waals surface area contributed by atoms with Crippen molar-refractivity contribution in [2.45, 2.75) is 51.5 Å². The van der Waals surface area contributed by atoms with Gasteiger partial charge in [-0.15, -0.1) is 11.3 Å². The molecule has 2 atom stereocenters. The zero-order valence-electron chi connectivity index (χ0n) is 16.1. The van der Waals surface area contributed by atoms with Crippen LogP contribution in [0.2, 0.25) is 0 Å². The Morgan fingerprint density at radius 2 is 2.04 bits per heavy atom. The molecule has 0 unspecified atom stereocenters. The molecule has 0 N–H and O–H groups in total. The molecule has 1 saturated heterocycles. The Balaban J connectivity index is 1.39. The van der Waals surface area contributed by atoms with Gasteiger partial charge in [-0.05, 0) is 50.7 Å². The topological polar surface area (TPSA) is 72.4 Å². The summed E-state index contributed by atoms with van der Waals surface area (Å²) in [5.41, 5.74) is 1.33. The zero-order valence-corrected chi connectivity index (χ0v) is 16.9. The van der Waals surface area contributed by atoms with Crippen molar-refractivity contribution in [2.24, 2.45) is 5.92 Å². The van der Waals surface area contributed by atoms with Gasteiger partial charge in [0, 0.05) is 18.8 Å². The summed E-state index contributed by atoms with van der Waals surface area (Å²) in [7, 11) is 0. The number of nitrogens with zero attached hydrogens (tertiary/aromatic N) is 3. The van der Waals surface area contributed by atoms with Gasteiger partial charge in [0.15, 0.2) is 6.61 Å². The van der Waals surface area contributed by atoms with Crippen LogP contribution >= 0.6 is 11.3 Å². The summed E-state index contributed by atoms with van der Waals surface area (Å²) >= 11 is 1.25. The van der Waals surface area contributed by atoms with Crippen LogP contribution in [0, 0.1) is 12.8 Å². The second-order valence-corrected chi connectivity index (χ2v) is 8.56. The van der Waals surface area contributed by atoms with Crippen LogP contribution in [0.3, 0.4) is 0 Å². The lowest BCUT2D eigenvalue weighted by Crippen LogP contribution is -2.50. The summed E-state index contributed by atoms with van der Waals surface area (Å²) in [5.74, 6) is 0.0617. The van der Waals surface area contributed by atoms with Crippen molar-refractivity contribution in [1.29, 1.82) is 0 Å². The first-order valence-corrected chi connectivity index (χ1v) is 10.8. The van der Waals surface area contributed by atoms with Gasteiger partial charge in [-0.1, -0.05) is 18.9 Å². The smallest absolute Gasteiger partial charge is 0.350 e.